The highest BCUT2D eigenvalue weighted by Crippen LogP contribution is 2.18. The molecule has 0 radical (unpaired) electrons. The SMILES string of the molecule is CN(Cc1cc(CN)ccc1F)c1ccc(F)cc1. The van der Waals surface area contributed by atoms with E-state index < -0.39 is 0 Å². The van der Waals surface area contributed by atoms with Crippen LogP contribution >= 0.6 is 0 Å². The molecule has 19 heavy (non-hydrogen) atoms. The number of halogens is 2. The summed E-state index contributed by atoms with van der Waals surface area (Å²) in [5.74, 6) is -0.542. The second-order valence-corrected chi connectivity index (χ2v) is 4.46. The summed E-state index contributed by atoms with van der Waals surface area (Å²) in [5.41, 5.74) is 7.85. The molecule has 2 rings (SSSR count). The van der Waals surface area contributed by atoms with Gasteiger partial charge >= 0.3 is 0 Å². The Morgan fingerprint density at radius 2 is 1.74 bits per heavy atom. The van der Waals surface area contributed by atoms with Crippen LogP contribution in [-0.2, 0) is 13.1 Å². The van der Waals surface area contributed by atoms with E-state index in [0.717, 1.165) is 11.3 Å². The third kappa shape index (κ3) is 3.29. The Kier molecular flexibility index (Phi) is 4.12. The number of nitrogens with two attached hydrogens (primary N) is 1. The highest BCUT2D eigenvalue weighted by molar-refractivity contribution is 5.46. The zero-order chi connectivity index (χ0) is 13.8. The minimum Gasteiger partial charge on any atom is -0.370 e. The average Bonchev–Trinajstić information content (AvgIpc) is 2.42. The van der Waals surface area contributed by atoms with E-state index in [-0.39, 0.29) is 11.6 Å². The van der Waals surface area contributed by atoms with Crippen LogP contribution in [0.3, 0.4) is 0 Å². The van der Waals surface area contributed by atoms with E-state index >= 15 is 0 Å². The summed E-state index contributed by atoms with van der Waals surface area (Å²) in [7, 11) is 1.84. The maximum absolute atomic E-state index is 13.7. The van der Waals surface area contributed by atoms with Crippen molar-refractivity contribution in [2.45, 2.75) is 13.1 Å². The van der Waals surface area contributed by atoms with E-state index in [1.807, 2.05) is 11.9 Å². The van der Waals surface area contributed by atoms with Crippen LogP contribution in [0.25, 0.3) is 0 Å². The first-order valence-electron chi connectivity index (χ1n) is 6.04. The van der Waals surface area contributed by atoms with Gasteiger partial charge in [-0.3, -0.25) is 0 Å². The highest BCUT2D eigenvalue weighted by atomic mass is 19.1. The van der Waals surface area contributed by atoms with Crippen LogP contribution in [0.4, 0.5) is 14.5 Å². The summed E-state index contributed by atoms with van der Waals surface area (Å²) < 4.78 is 26.6. The highest BCUT2D eigenvalue weighted by Gasteiger charge is 2.07. The number of anilines is 1. The van der Waals surface area contributed by atoms with Crippen LogP contribution in [0.15, 0.2) is 42.5 Å². The molecule has 0 saturated carbocycles. The fraction of sp³-hybridized carbons (Fsp3) is 0.200. The molecule has 2 N–H and O–H groups in total. The first kappa shape index (κ1) is 13.5. The number of hydrogen-bond acceptors (Lipinski definition) is 2. The van der Waals surface area contributed by atoms with Gasteiger partial charge in [0.15, 0.2) is 0 Å². The van der Waals surface area contributed by atoms with Crippen molar-refractivity contribution < 1.29 is 8.78 Å². The Labute approximate surface area is 111 Å². The predicted octanol–water partition coefficient (Wildman–Crippen LogP) is 3.06. The van der Waals surface area contributed by atoms with E-state index in [2.05, 4.69) is 0 Å². The third-order valence-electron chi connectivity index (χ3n) is 3.02. The molecule has 0 unspecified atom stereocenters. The second kappa shape index (κ2) is 5.80. The molecule has 2 aromatic rings. The summed E-state index contributed by atoms with van der Waals surface area (Å²) >= 11 is 0. The van der Waals surface area contributed by atoms with Crippen molar-refractivity contribution in [3.8, 4) is 0 Å². The van der Waals surface area contributed by atoms with Crippen LogP contribution in [0.5, 0.6) is 0 Å². The van der Waals surface area contributed by atoms with E-state index in [4.69, 9.17) is 5.73 Å². The van der Waals surface area contributed by atoms with Gasteiger partial charge in [-0.25, -0.2) is 8.78 Å². The Hall–Kier alpha value is -1.94. The summed E-state index contributed by atoms with van der Waals surface area (Å²) in [6.07, 6.45) is 0. The lowest BCUT2D eigenvalue weighted by atomic mass is 10.1. The first-order chi connectivity index (χ1) is 9.10. The van der Waals surface area contributed by atoms with Gasteiger partial charge in [0.1, 0.15) is 11.6 Å². The number of nitrogens with zero attached hydrogens (tertiary/aromatic N) is 1. The summed E-state index contributed by atoms with van der Waals surface area (Å²) in [5, 5.41) is 0. The standard InChI is InChI=1S/C15H16F2N2/c1-19(14-5-3-13(16)4-6-14)10-12-8-11(9-18)2-7-15(12)17/h2-8H,9-10,18H2,1H3. The minimum absolute atomic E-state index is 0.258. The van der Waals surface area contributed by atoms with Gasteiger partial charge in [-0.05, 0) is 42.0 Å². The molecule has 0 aliphatic carbocycles. The Morgan fingerprint density at radius 1 is 1.05 bits per heavy atom. The predicted molar refractivity (Wildman–Crippen MR) is 72.8 cm³/mol. The molecular weight excluding hydrogens is 246 g/mol. The van der Waals surface area contributed by atoms with Crippen molar-refractivity contribution in [2.75, 3.05) is 11.9 Å². The zero-order valence-electron chi connectivity index (χ0n) is 10.7. The molecule has 0 saturated heterocycles. The van der Waals surface area contributed by atoms with Crippen molar-refractivity contribution in [1.29, 1.82) is 0 Å². The van der Waals surface area contributed by atoms with E-state index in [0.29, 0.717) is 18.7 Å². The minimum atomic E-state index is -0.284. The lowest BCUT2D eigenvalue weighted by Crippen LogP contribution is -2.17. The van der Waals surface area contributed by atoms with Gasteiger partial charge in [0, 0.05) is 31.4 Å². The van der Waals surface area contributed by atoms with Gasteiger partial charge in [-0.2, -0.15) is 0 Å². The van der Waals surface area contributed by atoms with Gasteiger partial charge in [0.25, 0.3) is 0 Å². The Balaban J connectivity index is 2.18. The molecule has 4 heteroatoms. The Bertz CT molecular complexity index is 553. The number of benzene rings is 2. The lowest BCUT2D eigenvalue weighted by Gasteiger charge is -2.20. The summed E-state index contributed by atoms with van der Waals surface area (Å²) in [4.78, 5) is 1.86. The van der Waals surface area contributed by atoms with Crippen LogP contribution in [-0.4, -0.2) is 7.05 Å². The van der Waals surface area contributed by atoms with Gasteiger partial charge < -0.3 is 10.6 Å². The van der Waals surface area contributed by atoms with Crippen molar-refractivity contribution >= 4 is 5.69 Å². The van der Waals surface area contributed by atoms with Crippen LogP contribution in [0.2, 0.25) is 0 Å². The number of rotatable bonds is 4. The zero-order valence-corrected chi connectivity index (χ0v) is 10.7. The smallest absolute Gasteiger partial charge is 0.128 e. The molecule has 0 aliphatic heterocycles. The molecule has 0 fully saturated rings. The fourth-order valence-corrected chi connectivity index (χ4v) is 1.92. The third-order valence-corrected chi connectivity index (χ3v) is 3.02. The first-order valence-corrected chi connectivity index (χ1v) is 6.04. The quantitative estimate of drug-likeness (QED) is 0.917. The summed E-state index contributed by atoms with van der Waals surface area (Å²) in [6, 6.07) is 11.0. The Morgan fingerprint density at radius 3 is 2.37 bits per heavy atom. The molecule has 0 bridgehead atoms. The van der Waals surface area contributed by atoms with Gasteiger partial charge in [0.05, 0.1) is 0 Å². The molecule has 0 aromatic heterocycles. The van der Waals surface area contributed by atoms with Crippen LogP contribution in [0, 0.1) is 11.6 Å². The van der Waals surface area contributed by atoms with Crippen LogP contribution < -0.4 is 10.6 Å². The lowest BCUT2D eigenvalue weighted by molar-refractivity contribution is 0.606. The molecule has 2 aromatic carbocycles. The molecule has 0 amide bonds. The van der Waals surface area contributed by atoms with E-state index in [1.165, 1.54) is 18.2 Å². The van der Waals surface area contributed by atoms with E-state index in [9.17, 15) is 8.78 Å². The molecule has 0 aliphatic rings. The van der Waals surface area contributed by atoms with Gasteiger partial charge in [-0.1, -0.05) is 6.07 Å². The topological polar surface area (TPSA) is 29.3 Å². The van der Waals surface area contributed by atoms with Crippen molar-refractivity contribution in [3.05, 3.63) is 65.2 Å². The molecule has 0 spiro atoms. The fourth-order valence-electron chi connectivity index (χ4n) is 1.92. The normalized spacial score (nSPS) is 10.5. The largest absolute Gasteiger partial charge is 0.370 e. The van der Waals surface area contributed by atoms with Gasteiger partial charge in [-0.15, -0.1) is 0 Å². The number of hydrogen-bond donors (Lipinski definition) is 1. The second-order valence-electron chi connectivity index (χ2n) is 4.46. The van der Waals surface area contributed by atoms with Crippen LogP contribution in [0.1, 0.15) is 11.1 Å². The van der Waals surface area contributed by atoms with Gasteiger partial charge in [0.2, 0.25) is 0 Å². The average molecular weight is 262 g/mol. The molecule has 2 nitrogen and oxygen atoms in total. The van der Waals surface area contributed by atoms with Crippen molar-refractivity contribution in [1.82, 2.24) is 0 Å². The molecular formula is C15H16F2N2. The van der Waals surface area contributed by atoms with Crippen molar-refractivity contribution in [2.24, 2.45) is 5.73 Å². The maximum atomic E-state index is 13.7. The molecule has 0 atom stereocenters. The maximum Gasteiger partial charge on any atom is 0.128 e. The monoisotopic (exact) mass is 262 g/mol. The molecule has 0 heterocycles. The van der Waals surface area contributed by atoms with E-state index in [1.54, 1.807) is 24.3 Å². The summed E-state index contributed by atoms with van der Waals surface area (Å²) in [6.45, 7) is 0.791. The van der Waals surface area contributed by atoms with Crippen molar-refractivity contribution in [3.63, 3.8) is 0 Å². The molecule has 100 valence electrons.